The fourth-order valence-corrected chi connectivity index (χ4v) is 3.00. The van der Waals surface area contributed by atoms with Gasteiger partial charge >= 0.3 is 0 Å². The molecule has 2 aromatic carbocycles. The molecule has 0 aliphatic heterocycles. The Kier molecular flexibility index (Phi) is 8.38. The van der Waals surface area contributed by atoms with Crippen molar-refractivity contribution in [2.45, 2.75) is 26.7 Å². The summed E-state index contributed by atoms with van der Waals surface area (Å²) in [6.07, 6.45) is 1.85. The SMILES string of the molecule is Cc1ccccc1NCCc1cccc(CCNc2ccccc2C)n1.[Fe]. The van der Waals surface area contributed by atoms with Crippen molar-refractivity contribution < 1.29 is 17.1 Å². The van der Waals surface area contributed by atoms with E-state index in [0.717, 1.165) is 37.3 Å². The van der Waals surface area contributed by atoms with Crippen LogP contribution in [0, 0.1) is 13.8 Å². The van der Waals surface area contributed by atoms with Gasteiger partial charge in [0.2, 0.25) is 0 Å². The van der Waals surface area contributed by atoms with Gasteiger partial charge in [-0.3, -0.25) is 4.98 Å². The predicted molar refractivity (Wildman–Crippen MR) is 111 cm³/mol. The largest absolute Gasteiger partial charge is 0.384 e. The number of aromatic nitrogens is 1. The summed E-state index contributed by atoms with van der Waals surface area (Å²) in [7, 11) is 0. The maximum absolute atomic E-state index is 4.80. The zero-order chi connectivity index (χ0) is 18.2. The molecule has 0 unspecified atom stereocenters. The van der Waals surface area contributed by atoms with E-state index in [9.17, 15) is 0 Å². The van der Waals surface area contributed by atoms with E-state index in [-0.39, 0.29) is 17.1 Å². The van der Waals surface area contributed by atoms with Crippen molar-refractivity contribution in [1.82, 2.24) is 4.98 Å². The summed E-state index contributed by atoms with van der Waals surface area (Å²) in [5.74, 6) is 0. The van der Waals surface area contributed by atoms with Crippen LogP contribution in [0.5, 0.6) is 0 Å². The Balaban J connectivity index is 0.00000261. The Morgan fingerprint density at radius 3 is 1.52 bits per heavy atom. The molecule has 142 valence electrons. The van der Waals surface area contributed by atoms with Crippen LogP contribution in [0.3, 0.4) is 0 Å². The third-order valence-corrected chi connectivity index (χ3v) is 4.55. The average molecular weight is 401 g/mol. The molecule has 4 heteroatoms. The summed E-state index contributed by atoms with van der Waals surface area (Å²) in [6, 6.07) is 23.1. The first-order valence-corrected chi connectivity index (χ1v) is 9.26. The Bertz CT molecular complexity index is 782. The number of nitrogens with one attached hydrogen (secondary N) is 2. The van der Waals surface area contributed by atoms with Gasteiger partial charge in [0.05, 0.1) is 0 Å². The summed E-state index contributed by atoms with van der Waals surface area (Å²) in [4.78, 5) is 4.80. The van der Waals surface area contributed by atoms with E-state index in [1.165, 1.54) is 22.5 Å². The molecule has 0 saturated carbocycles. The third kappa shape index (κ3) is 6.42. The molecule has 0 saturated heterocycles. The summed E-state index contributed by atoms with van der Waals surface area (Å²) >= 11 is 0. The quantitative estimate of drug-likeness (QED) is 0.522. The molecule has 3 aromatic rings. The van der Waals surface area contributed by atoms with Crippen LogP contribution < -0.4 is 10.6 Å². The first-order chi connectivity index (χ1) is 12.7. The van der Waals surface area contributed by atoms with Gasteiger partial charge in [-0.2, -0.15) is 0 Å². The molecule has 0 amide bonds. The topological polar surface area (TPSA) is 37.0 Å². The predicted octanol–water partition coefficient (Wildman–Crippen LogP) is 5.01. The Morgan fingerprint density at radius 1 is 0.630 bits per heavy atom. The van der Waals surface area contributed by atoms with Gasteiger partial charge in [-0.25, -0.2) is 0 Å². The summed E-state index contributed by atoms with van der Waals surface area (Å²) < 4.78 is 0. The molecule has 0 spiro atoms. The number of benzene rings is 2. The molecular weight excluding hydrogens is 374 g/mol. The minimum Gasteiger partial charge on any atom is -0.384 e. The van der Waals surface area contributed by atoms with E-state index in [2.05, 4.69) is 91.2 Å². The number of nitrogens with zero attached hydrogens (tertiary/aromatic N) is 1. The number of rotatable bonds is 8. The van der Waals surface area contributed by atoms with Gasteiger partial charge in [-0.1, -0.05) is 42.5 Å². The summed E-state index contributed by atoms with van der Waals surface area (Å²) in [5, 5.41) is 7.00. The number of para-hydroxylation sites is 2. The Labute approximate surface area is 173 Å². The van der Waals surface area contributed by atoms with Crippen LogP contribution in [0.4, 0.5) is 11.4 Å². The van der Waals surface area contributed by atoms with Crippen molar-refractivity contribution in [3.8, 4) is 0 Å². The van der Waals surface area contributed by atoms with Gasteiger partial charge in [0.1, 0.15) is 0 Å². The first kappa shape index (κ1) is 21.0. The second kappa shape index (κ2) is 10.8. The molecule has 0 bridgehead atoms. The molecule has 1 aromatic heterocycles. The molecule has 3 nitrogen and oxygen atoms in total. The minimum atomic E-state index is 0. The molecule has 0 aliphatic carbocycles. The van der Waals surface area contributed by atoms with Crippen LogP contribution in [0.2, 0.25) is 0 Å². The van der Waals surface area contributed by atoms with E-state index in [0.29, 0.717) is 0 Å². The maximum atomic E-state index is 4.80. The van der Waals surface area contributed by atoms with E-state index in [1.54, 1.807) is 0 Å². The molecular formula is C23H27FeN3. The van der Waals surface area contributed by atoms with E-state index >= 15 is 0 Å². The third-order valence-electron chi connectivity index (χ3n) is 4.55. The van der Waals surface area contributed by atoms with Crippen LogP contribution in [0.1, 0.15) is 22.5 Å². The Morgan fingerprint density at radius 2 is 1.07 bits per heavy atom. The monoisotopic (exact) mass is 401 g/mol. The molecule has 27 heavy (non-hydrogen) atoms. The Hall–Kier alpha value is -2.29. The zero-order valence-electron chi connectivity index (χ0n) is 16.0. The molecule has 1 heterocycles. The van der Waals surface area contributed by atoms with Crippen LogP contribution in [-0.4, -0.2) is 18.1 Å². The standard InChI is InChI=1S/C23H27N3.Fe/c1-18-8-3-5-12-22(18)24-16-14-20-10-7-11-21(26-20)15-17-25-23-13-6-4-9-19(23)2;/h3-13,24-25H,14-17H2,1-2H3;. The second-order valence-electron chi connectivity index (χ2n) is 6.60. The van der Waals surface area contributed by atoms with Crippen LogP contribution in [0.15, 0.2) is 66.7 Å². The summed E-state index contributed by atoms with van der Waals surface area (Å²) in [5.41, 5.74) is 7.23. The molecule has 3 rings (SSSR count). The van der Waals surface area contributed by atoms with Crippen molar-refractivity contribution in [3.63, 3.8) is 0 Å². The number of hydrogen-bond acceptors (Lipinski definition) is 3. The van der Waals surface area contributed by atoms with Crippen molar-refractivity contribution in [2.24, 2.45) is 0 Å². The molecule has 0 aliphatic rings. The number of aryl methyl sites for hydroxylation is 2. The van der Waals surface area contributed by atoms with Crippen molar-refractivity contribution in [2.75, 3.05) is 23.7 Å². The van der Waals surface area contributed by atoms with Crippen molar-refractivity contribution >= 4 is 11.4 Å². The zero-order valence-corrected chi connectivity index (χ0v) is 17.1. The van der Waals surface area contributed by atoms with Crippen molar-refractivity contribution in [3.05, 3.63) is 89.2 Å². The van der Waals surface area contributed by atoms with Gasteiger partial charge in [0.15, 0.2) is 0 Å². The number of anilines is 2. The van der Waals surface area contributed by atoms with Gasteiger partial charge in [0.25, 0.3) is 0 Å². The van der Waals surface area contributed by atoms with Crippen LogP contribution in [-0.2, 0) is 29.9 Å². The van der Waals surface area contributed by atoms with Gasteiger partial charge in [-0.05, 0) is 49.2 Å². The van der Waals surface area contributed by atoms with Crippen LogP contribution >= 0.6 is 0 Å². The first-order valence-electron chi connectivity index (χ1n) is 9.26. The second-order valence-corrected chi connectivity index (χ2v) is 6.60. The summed E-state index contributed by atoms with van der Waals surface area (Å²) in [6.45, 7) is 6.04. The smallest absolute Gasteiger partial charge is 0.0424 e. The number of pyridine rings is 1. The molecule has 0 atom stereocenters. The molecule has 0 radical (unpaired) electrons. The van der Waals surface area contributed by atoms with Gasteiger partial charge < -0.3 is 10.6 Å². The maximum Gasteiger partial charge on any atom is 0.0424 e. The normalized spacial score (nSPS) is 10.1. The molecule has 2 N–H and O–H groups in total. The van der Waals surface area contributed by atoms with Gasteiger partial charge in [-0.15, -0.1) is 0 Å². The minimum absolute atomic E-state index is 0. The fraction of sp³-hybridized carbons (Fsp3) is 0.261. The number of hydrogen-bond donors (Lipinski definition) is 2. The fourth-order valence-electron chi connectivity index (χ4n) is 3.00. The van der Waals surface area contributed by atoms with Crippen LogP contribution in [0.25, 0.3) is 0 Å². The van der Waals surface area contributed by atoms with Gasteiger partial charge in [0, 0.05) is 65.8 Å². The van der Waals surface area contributed by atoms with E-state index in [1.807, 2.05) is 0 Å². The van der Waals surface area contributed by atoms with E-state index < -0.39 is 0 Å². The van der Waals surface area contributed by atoms with E-state index in [4.69, 9.17) is 4.98 Å². The molecule has 0 fully saturated rings. The average Bonchev–Trinajstić information content (AvgIpc) is 2.65. The van der Waals surface area contributed by atoms with Crippen molar-refractivity contribution in [1.29, 1.82) is 0 Å².